The van der Waals surface area contributed by atoms with Crippen LogP contribution in [0.25, 0.3) is 10.9 Å². The second-order valence-electron chi connectivity index (χ2n) is 6.53. The lowest BCUT2D eigenvalue weighted by atomic mass is 10.0. The van der Waals surface area contributed by atoms with E-state index in [0.717, 1.165) is 16.5 Å². The number of para-hydroxylation sites is 1. The number of benzene rings is 2. The Morgan fingerprint density at radius 3 is 2.75 bits per heavy atom. The third kappa shape index (κ3) is 3.07. The predicted molar refractivity (Wildman–Crippen MR) is 93.5 cm³/mol. The van der Waals surface area contributed by atoms with Crippen molar-refractivity contribution in [3.05, 3.63) is 72.2 Å². The van der Waals surface area contributed by atoms with Crippen molar-refractivity contribution < 1.29 is 9.50 Å². The fourth-order valence-corrected chi connectivity index (χ4v) is 3.29. The minimum Gasteiger partial charge on any atom is -0.389 e. The van der Waals surface area contributed by atoms with Crippen LogP contribution >= 0.6 is 0 Å². The Bertz CT molecular complexity index is 840. The molecule has 0 aliphatic heterocycles. The molecule has 0 spiro atoms. The summed E-state index contributed by atoms with van der Waals surface area (Å²) in [6.45, 7) is 0.498. The van der Waals surface area contributed by atoms with E-state index in [-0.39, 0.29) is 11.9 Å². The first-order valence-electron chi connectivity index (χ1n) is 8.45. The fourth-order valence-electron chi connectivity index (χ4n) is 3.29. The number of aromatic nitrogens is 1. The summed E-state index contributed by atoms with van der Waals surface area (Å²) in [5.41, 5.74) is 1.82. The number of fused-ring (bicyclic) bond motifs is 1. The van der Waals surface area contributed by atoms with Gasteiger partial charge in [-0.1, -0.05) is 30.3 Å². The van der Waals surface area contributed by atoms with Crippen LogP contribution in [0.1, 0.15) is 24.4 Å². The van der Waals surface area contributed by atoms with E-state index in [0.29, 0.717) is 12.6 Å². The van der Waals surface area contributed by atoms with Crippen molar-refractivity contribution in [2.45, 2.75) is 31.0 Å². The van der Waals surface area contributed by atoms with Gasteiger partial charge in [-0.05, 0) is 48.1 Å². The minimum absolute atomic E-state index is 0.281. The average molecular weight is 324 g/mol. The zero-order valence-electron chi connectivity index (χ0n) is 13.4. The van der Waals surface area contributed by atoms with Gasteiger partial charge in [0.15, 0.2) is 0 Å². The Morgan fingerprint density at radius 2 is 1.96 bits per heavy atom. The van der Waals surface area contributed by atoms with Crippen LogP contribution in [-0.4, -0.2) is 28.4 Å². The molecule has 4 heteroatoms. The smallest absolute Gasteiger partial charge is 0.123 e. The van der Waals surface area contributed by atoms with Crippen molar-refractivity contribution in [3.63, 3.8) is 0 Å². The van der Waals surface area contributed by atoms with Gasteiger partial charge in [0.2, 0.25) is 0 Å². The maximum absolute atomic E-state index is 13.8. The van der Waals surface area contributed by atoms with Crippen molar-refractivity contribution in [2.24, 2.45) is 0 Å². The number of aliphatic hydroxyl groups excluding tert-OH is 1. The van der Waals surface area contributed by atoms with E-state index in [4.69, 9.17) is 0 Å². The van der Waals surface area contributed by atoms with Gasteiger partial charge < -0.3 is 15.0 Å². The maximum Gasteiger partial charge on any atom is 0.123 e. The first-order valence-corrected chi connectivity index (χ1v) is 8.45. The maximum atomic E-state index is 13.8. The summed E-state index contributed by atoms with van der Waals surface area (Å²) in [6, 6.07) is 16.8. The van der Waals surface area contributed by atoms with Crippen molar-refractivity contribution in [1.29, 1.82) is 0 Å². The molecule has 1 fully saturated rings. The van der Waals surface area contributed by atoms with Crippen molar-refractivity contribution in [1.82, 2.24) is 9.88 Å². The molecule has 2 aromatic carbocycles. The third-order valence-electron chi connectivity index (χ3n) is 4.68. The van der Waals surface area contributed by atoms with E-state index in [1.807, 2.05) is 47.2 Å². The molecule has 2 N–H and O–H groups in total. The summed E-state index contributed by atoms with van der Waals surface area (Å²) in [7, 11) is 0. The Kier molecular flexibility index (Phi) is 4.08. The van der Waals surface area contributed by atoms with E-state index in [9.17, 15) is 9.50 Å². The van der Waals surface area contributed by atoms with Crippen LogP contribution < -0.4 is 5.32 Å². The lowest BCUT2D eigenvalue weighted by molar-refractivity contribution is 0.129. The van der Waals surface area contributed by atoms with Gasteiger partial charge in [-0.2, -0.15) is 0 Å². The molecule has 1 aromatic heterocycles. The molecule has 1 saturated carbocycles. The van der Waals surface area contributed by atoms with Gasteiger partial charge in [0.1, 0.15) is 5.82 Å². The SMILES string of the molecule is OC(CNC1CC1)C(c1cccc(F)c1)n1ccc2ccccc21. The summed E-state index contributed by atoms with van der Waals surface area (Å²) >= 11 is 0. The van der Waals surface area contributed by atoms with Crippen LogP contribution in [0.15, 0.2) is 60.8 Å². The Balaban J connectivity index is 1.74. The number of nitrogens with zero attached hydrogens (tertiary/aromatic N) is 1. The molecule has 0 bridgehead atoms. The van der Waals surface area contributed by atoms with E-state index < -0.39 is 6.10 Å². The molecule has 0 amide bonds. The summed E-state index contributed by atoms with van der Waals surface area (Å²) in [5.74, 6) is -0.281. The molecule has 124 valence electrons. The molecule has 3 aromatic rings. The molecule has 0 saturated heterocycles. The summed E-state index contributed by atoms with van der Waals surface area (Å²) in [4.78, 5) is 0. The highest BCUT2D eigenvalue weighted by Gasteiger charge is 2.27. The van der Waals surface area contributed by atoms with Gasteiger partial charge in [0.25, 0.3) is 0 Å². The molecule has 1 aliphatic rings. The monoisotopic (exact) mass is 324 g/mol. The number of aliphatic hydroxyl groups is 1. The van der Waals surface area contributed by atoms with Crippen LogP contribution in [-0.2, 0) is 0 Å². The zero-order chi connectivity index (χ0) is 16.5. The second kappa shape index (κ2) is 6.38. The topological polar surface area (TPSA) is 37.2 Å². The summed E-state index contributed by atoms with van der Waals surface area (Å²) in [6.07, 6.45) is 3.68. The van der Waals surface area contributed by atoms with Crippen molar-refractivity contribution >= 4 is 10.9 Å². The van der Waals surface area contributed by atoms with Gasteiger partial charge in [-0.3, -0.25) is 0 Å². The zero-order valence-corrected chi connectivity index (χ0v) is 13.4. The van der Waals surface area contributed by atoms with E-state index in [2.05, 4.69) is 5.32 Å². The van der Waals surface area contributed by atoms with Crippen LogP contribution in [0.2, 0.25) is 0 Å². The average Bonchev–Trinajstić information content (AvgIpc) is 3.33. The Labute approximate surface area is 140 Å². The third-order valence-corrected chi connectivity index (χ3v) is 4.68. The molecule has 24 heavy (non-hydrogen) atoms. The summed E-state index contributed by atoms with van der Waals surface area (Å²) < 4.78 is 15.8. The first kappa shape index (κ1) is 15.4. The molecule has 4 rings (SSSR count). The normalized spacial score (nSPS) is 17.1. The van der Waals surface area contributed by atoms with Crippen molar-refractivity contribution in [2.75, 3.05) is 6.54 Å². The van der Waals surface area contributed by atoms with E-state index in [1.54, 1.807) is 6.07 Å². The van der Waals surface area contributed by atoms with Gasteiger partial charge in [0.05, 0.1) is 12.1 Å². The quantitative estimate of drug-likeness (QED) is 0.728. The Morgan fingerprint density at radius 1 is 1.12 bits per heavy atom. The largest absolute Gasteiger partial charge is 0.389 e. The van der Waals surface area contributed by atoms with Crippen LogP contribution in [0.5, 0.6) is 0 Å². The molecule has 3 nitrogen and oxygen atoms in total. The number of halogens is 1. The predicted octanol–water partition coefficient (Wildman–Crippen LogP) is 3.48. The fraction of sp³-hybridized carbons (Fsp3) is 0.300. The molecule has 1 aliphatic carbocycles. The van der Waals surface area contributed by atoms with E-state index >= 15 is 0 Å². The molecule has 2 atom stereocenters. The van der Waals surface area contributed by atoms with Crippen LogP contribution in [0, 0.1) is 5.82 Å². The molecular weight excluding hydrogens is 303 g/mol. The second-order valence-corrected chi connectivity index (χ2v) is 6.53. The lowest BCUT2D eigenvalue weighted by Gasteiger charge is -2.26. The molecular formula is C20H21FN2O. The first-order chi connectivity index (χ1) is 11.7. The van der Waals surface area contributed by atoms with Crippen molar-refractivity contribution in [3.8, 4) is 0 Å². The van der Waals surface area contributed by atoms with Gasteiger partial charge in [-0.15, -0.1) is 0 Å². The number of hydrogen-bond donors (Lipinski definition) is 2. The summed E-state index contributed by atoms with van der Waals surface area (Å²) in [5, 5.41) is 15.3. The Hall–Kier alpha value is -2.17. The van der Waals surface area contributed by atoms with Crippen LogP contribution in [0.3, 0.4) is 0 Å². The highest BCUT2D eigenvalue weighted by atomic mass is 19.1. The standard InChI is InChI=1S/C20H21FN2O/c21-16-6-3-5-15(12-16)20(19(24)13-22-17-8-9-17)23-11-10-14-4-1-2-7-18(14)23/h1-7,10-12,17,19-20,22,24H,8-9,13H2. The highest BCUT2D eigenvalue weighted by Crippen LogP contribution is 2.29. The number of rotatable bonds is 6. The minimum atomic E-state index is -0.636. The number of nitrogens with one attached hydrogen (secondary N) is 1. The lowest BCUT2D eigenvalue weighted by Crippen LogP contribution is -2.35. The van der Waals surface area contributed by atoms with Gasteiger partial charge in [-0.25, -0.2) is 4.39 Å². The highest BCUT2D eigenvalue weighted by molar-refractivity contribution is 5.80. The van der Waals surface area contributed by atoms with Gasteiger partial charge >= 0.3 is 0 Å². The molecule has 2 unspecified atom stereocenters. The van der Waals surface area contributed by atoms with E-state index in [1.165, 1.54) is 25.0 Å². The number of hydrogen-bond acceptors (Lipinski definition) is 2. The molecule has 0 radical (unpaired) electrons. The van der Waals surface area contributed by atoms with Gasteiger partial charge in [0, 0.05) is 24.3 Å². The molecule has 1 heterocycles. The van der Waals surface area contributed by atoms with Crippen LogP contribution in [0.4, 0.5) is 4.39 Å².